The standard InChI is InChI=1S/C43H26O6.C30H25N3O6.C24H35N3O3/c1-43(2)35-19-23(37-17-13-25(48-37)21-33-39(44)29-7-3-4-8-30(29)40(33)45)11-15-27(35)28-16-12-24(20-36(28)43)38-18-14-26(49-38)22-34-41(46)31-9-5-6-10-32(31)42(34)47;1-3-38-30(37)22-18-33-23(16-21-14-15-24(39-21)32(2)17-19-10-6-4-7-11-19)25(20-12-8-5-9-13-20)26(29(35)36)27(33)31-28(22)34;1-5-8-13-26(14-9-6-2)22-12-11-19(30-22)16-20-18(4)21(17-25)24(29)27(23(20)28)15-10-7-3/h3-22H,1-2H3;4-16,18H,3,17H2,1-2H3,(H,35,36);11-12,16,18,21H,5-10,13-15H2,1-4H3/b;23-16+;20-16-. The second-order valence-electron chi connectivity index (χ2n) is 29.9. The molecule has 12 aromatic rings. The van der Waals surface area contributed by atoms with Crippen molar-refractivity contribution in [3.05, 3.63) is 306 Å². The van der Waals surface area contributed by atoms with Crippen molar-refractivity contribution in [2.75, 3.05) is 43.1 Å². The summed E-state index contributed by atoms with van der Waals surface area (Å²) in [5.74, 6) is -0.657. The Hall–Kier alpha value is -14.1. The van der Waals surface area contributed by atoms with Gasteiger partial charge in [-0.25, -0.2) is 9.59 Å². The van der Waals surface area contributed by atoms with Crippen LogP contribution in [0.5, 0.6) is 0 Å². The van der Waals surface area contributed by atoms with Gasteiger partial charge in [0.1, 0.15) is 51.6 Å². The number of aromatic nitrogens is 2. The van der Waals surface area contributed by atoms with Crippen molar-refractivity contribution in [2.24, 2.45) is 11.8 Å². The number of nitriles is 1. The second-order valence-corrected chi connectivity index (χ2v) is 29.9. The number of anilines is 2. The zero-order chi connectivity index (χ0) is 83.2. The van der Waals surface area contributed by atoms with Crippen LogP contribution in [0.25, 0.3) is 74.9 Å². The number of ketones is 4. The van der Waals surface area contributed by atoms with Gasteiger partial charge in [0.25, 0.3) is 11.5 Å². The molecule has 0 saturated carbocycles. The summed E-state index contributed by atoms with van der Waals surface area (Å²) in [7, 11) is 1.91. The molecule has 118 heavy (non-hydrogen) atoms. The maximum absolute atomic E-state index is 13.0. The summed E-state index contributed by atoms with van der Waals surface area (Å²) in [5.41, 5.74) is 8.99. The molecule has 7 heterocycles. The second kappa shape index (κ2) is 34.5. The Kier molecular flexibility index (Phi) is 23.5. The zero-order valence-electron chi connectivity index (χ0n) is 66.6. The van der Waals surface area contributed by atoms with E-state index in [0.717, 1.165) is 96.4 Å². The minimum atomic E-state index is -1.26. The molecule has 0 radical (unpaired) electrons. The molecule has 2 atom stereocenters. The highest BCUT2D eigenvalue weighted by atomic mass is 16.5. The summed E-state index contributed by atoms with van der Waals surface area (Å²) in [6.07, 6.45) is 13.7. The Morgan fingerprint density at radius 2 is 1.05 bits per heavy atom. The summed E-state index contributed by atoms with van der Waals surface area (Å²) >= 11 is 0. The molecular formula is C97H86N6O15. The number of fused-ring (bicyclic) bond motifs is 6. The van der Waals surface area contributed by atoms with E-state index in [1.807, 2.05) is 97.7 Å². The highest BCUT2D eigenvalue weighted by Crippen LogP contribution is 2.51. The number of carboxylic acid groups (broad SMARTS) is 1. The van der Waals surface area contributed by atoms with Crippen molar-refractivity contribution in [1.82, 2.24) is 14.3 Å². The summed E-state index contributed by atoms with van der Waals surface area (Å²) in [6.45, 7) is 17.0. The molecule has 4 aliphatic rings. The first-order valence-corrected chi connectivity index (χ1v) is 39.6. The third-order valence-corrected chi connectivity index (χ3v) is 21.8. The summed E-state index contributed by atoms with van der Waals surface area (Å²) in [5, 5.41) is 20.1. The molecule has 16 rings (SSSR count). The first kappa shape index (κ1) is 80.5. The Morgan fingerprint density at radius 3 is 1.56 bits per heavy atom. The number of carboxylic acids is 1. The van der Waals surface area contributed by atoms with Gasteiger partial charge in [-0.15, -0.1) is 0 Å². The molecule has 2 amide bonds. The molecule has 1 fully saturated rings. The molecule has 1 N–H and O–H groups in total. The van der Waals surface area contributed by atoms with Crippen LogP contribution in [0, 0.1) is 23.2 Å². The van der Waals surface area contributed by atoms with Crippen LogP contribution in [0.15, 0.2) is 240 Å². The third kappa shape index (κ3) is 16.0. The van der Waals surface area contributed by atoms with Crippen LogP contribution in [0.3, 0.4) is 0 Å². The normalized spacial score (nSPS) is 15.5. The monoisotopic (exact) mass is 1570 g/mol. The van der Waals surface area contributed by atoms with Crippen LogP contribution in [0.2, 0.25) is 0 Å². The van der Waals surface area contributed by atoms with Crippen molar-refractivity contribution in [1.29, 1.82) is 5.26 Å². The number of piperidine rings is 1. The quantitative estimate of drug-likeness (QED) is 0.0269. The number of ether oxygens (including phenoxy) is 1. The molecule has 1 aliphatic heterocycles. The van der Waals surface area contributed by atoms with Crippen LogP contribution >= 0.6 is 0 Å². The molecule has 0 bridgehead atoms. The van der Waals surface area contributed by atoms with Crippen LogP contribution in [0.1, 0.15) is 189 Å². The predicted molar refractivity (Wildman–Crippen MR) is 450 cm³/mol. The van der Waals surface area contributed by atoms with E-state index in [4.69, 9.17) is 22.4 Å². The van der Waals surface area contributed by atoms with Crippen LogP contribution in [0.4, 0.5) is 11.8 Å². The molecule has 0 spiro atoms. The maximum atomic E-state index is 13.0. The van der Waals surface area contributed by atoms with Crippen LogP contribution in [-0.4, -0.2) is 99.6 Å². The topological polar surface area (TPSA) is 286 Å². The Balaban J connectivity index is 0.000000150. The average Bonchev–Trinajstić information content (AvgIpc) is 1.58. The highest BCUT2D eigenvalue weighted by molar-refractivity contribution is 6.42. The van der Waals surface area contributed by atoms with E-state index in [1.165, 1.54) is 27.6 Å². The van der Waals surface area contributed by atoms with E-state index >= 15 is 0 Å². The molecule has 6 aromatic carbocycles. The fourth-order valence-electron chi connectivity index (χ4n) is 15.4. The van der Waals surface area contributed by atoms with Crippen LogP contribution < -0.4 is 20.7 Å². The summed E-state index contributed by atoms with van der Waals surface area (Å²) < 4.78 is 30.9. The van der Waals surface area contributed by atoms with Gasteiger partial charge in [-0.2, -0.15) is 10.2 Å². The van der Waals surface area contributed by atoms with E-state index in [-0.39, 0.29) is 74.9 Å². The number of nitrogens with zero attached hydrogens (tertiary/aromatic N) is 6. The van der Waals surface area contributed by atoms with Gasteiger partial charge in [-0.1, -0.05) is 194 Å². The third-order valence-electron chi connectivity index (χ3n) is 21.8. The molecule has 2 unspecified atom stereocenters. The number of likely N-dealkylation sites (tertiary alicyclic amines) is 1. The maximum Gasteiger partial charge on any atom is 0.345 e. The fourth-order valence-corrected chi connectivity index (χ4v) is 15.4. The van der Waals surface area contributed by atoms with E-state index < -0.39 is 29.3 Å². The lowest BCUT2D eigenvalue weighted by Gasteiger charge is -2.33. The molecule has 21 heteroatoms. The number of furan rings is 4. The van der Waals surface area contributed by atoms with E-state index in [9.17, 15) is 53.5 Å². The van der Waals surface area contributed by atoms with Gasteiger partial charge >= 0.3 is 11.9 Å². The molecule has 3 aliphatic carbocycles. The lowest BCUT2D eigenvalue weighted by Crippen LogP contribution is -2.49. The van der Waals surface area contributed by atoms with Gasteiger partial charge in [-0.05, 0) is 126 Å². The number of aromatic carboxylic acids is 1. The first-order chi connectivity index (χ1) is 57.0. The van der Waals surface area contributed by atoms with Crippen molar-refractivity contribution >= 4 is 88.6 Å². The molecule has 594 valence electrons. The number of carbonyl (C=O) groups excluding carboxylic acids is 7. The number of imide groups is 1. The average molecular weight is 1580 g/mol. The zero-order valence-corrected chi connectivity index (χ0v) is 66.6. The number of hydrogen-bond acceptors (Lipinski definition) is 18. The smallest absolute Gasteiger partial charge is 0.345 e. The van der Waals surface area contributed by atoms with Gasteiger partial charge in [-0.3, -0.25) is 42.9 Å². The van der Waals surface area contributed by atoms with Crippen LogP contribution in [-0.2, 0) is 26.3 Å². The first-order valence-electron chi connectivity index (χ1n) is 39.6. The number of esters is 1. The lowest BCUT2D eigenvalue weighted by atomic mass is 9.81. The molecule has 6 aromatic heterocycles. The number of benzene rings is 6. The molecular weight excluding hydrogens is 1490 g/mol. The van der Waals surface area contributed by atoms with Gasteiger partial charge in [0.05, 0.1) is 29.2 Å². The number of unbranched alkanes of at least 4 members (excludes halogenated alkanes) is 3. The number of rotatable bonds is 23. The number of allylic oxidation sites excluding steroid dienone is 2. The van der Waals surface area contributed by atoms with E-state index in [2.05, 4.69) is 67.9 Å². The largest absolute Gasteiger partial charge is 0.478 e. The number of amides is 2. The van der Waals surface area contributed by atoms with Gasteiger partial charge in [0.2, 0.25) is 5.91 Å². The van der Waals surface area contributed by atoms with Gasteiger partial charge < -0.3 is 37.3 Å². The predicted octanol–water partition coefficient (Wildman–Crippen LogP) is 18.5. The minimum absolute atomic E-state index is 0.0717. The van der Waals surface area contributed by atoms with Crippen molar-refractivity contribution in [3.8, 4) is 51.0 Å². The van der Waals surface area contributed by atoms with Crippen molar-refractivity contribution < 1.29 is 65.9 Å². The van der Waals surface area contributed by atoms with E-state index in [0.29, 0.717) is 97.8 Å². The molecule has 1 saturated heterocycles. The molecule has 21 nitrogen and oxygen atoms in total. The summed E-state index contributed by atoms with van der Waals surface area (Å²) in [6, 6.07) is 61.8. The lowest BCUT2D eigenvalue weighted by molar-refractivity contribution is -0.148. The minimum Gasteiger partial charge on any atom is -0.478 e. The van der Waals surface area contributed by atoms with E-state index in [1.54, 1.807) is 117 Å². The van der Waals surface area contributed by atoms with Crippen molar-refractivity contribution in [2.45, 2.75) is 99.0 Å². The van der Waals surface area contributed by atoms with Crippen molar-refractivity contribution in [3.63, 3.8) is 0 Å². The van der Waals surface area contributed by atoms with Gasteiger partial charge in [0.15, 0.2) is 40.5 Å². The number of Topliss-reactive ketones (excluding diaryl/α,β-unsaturated/α-hetero) is 4. The van der Waals surface area contributed by atoms with Gasteiger partial charge in [0, 0.05) is 113 Å². The number of carbonyl (C=O) groups is 8. The summed E-state index contributed by atoms with van der Waals surface area (Å²) in [4.78, 5) is 124. The Bertz CT molecular complexity index is 5970. The Morgan fingerprint density at radius 1 is 0.568 bits per heavy atom. The highest BCUT2D eigenvalue weighted by Gasteiger charge is 2.44. The SMILES string of the molecule is CC1(C)c2cc(-c3ccc(C=C4C(=O)c5ccccc5C4=O)o3)ccc2-c2ccc(-c3ccc(C=C4C(=O)c5ccccc5C4=O)o3)cc21.CCCCN1C(=O)/C(=C\c2ccc(N(CCCC)CCCC)o2)C(C)C(C#N)C1=O.CCOC(=O)c1cn2/c(=C/c3ccc(N(C)Cc4ccccc4)o3)c(-c3ccccc3)c(C(=O)O)c2nc1=O. The Labute approximate surface area is 681 Å². The number of hydrogen-bond donors (Lipinski definition) is 1. The fraction of sp³-hybridized carbons (Fsp3) is 0.227.